The van der Waals surface area contributed by atoms with Crippen molar-refractivity contribution >= 4 is 56.4 Å². The van der Waals surface area contributed by atoms with Crippen molar-refractivity contribution in [1.29, 1.82) is 0 Å². The molecule has 4 rings (SSSR count). The molecular weight excluding hydrogens is 395 g/mol. The Balaban J connectivity index is 1.45. The fourth-order valence-corrected chi connectivity index (χ4v) is 5.18. The number of fused-ring (bicyclic) bond motifs is 1. The molecule has 8 heteroatoms. The molecule has 2 aliphatic rings. The minimum atomic E-state index is -0.306. The Morgan fingerprint density at radius 1 is 1.12 bits per heavy atom. The fourth-order valence-electron chi connectivity index (χ4n) is 3.43. The lowest BCUT2D eigenvalue weighted by molar-refractivity contribution is -0.142. The van der Waals surface area contributed by atoms with E-state index in [2.05, 4.69) is 0 Å². The van der Waals surface area contributed by atoms with Gasteiger partial charge < -0.3 is 14.5 Å². The van der Waals surface area contributed by atoms with Gasteiger partial charge in [0.05, 0.1) is 5.02 Å². The summed E-state index contributed by atoms with van der Waals surface area (Å²) in [4.78, 5) is 29.4. The number of benzene rings is 1. The second-order valence-corrected chi connectivity index (χ2v) is 8.37. The molecule has 0 bridgehead atoms. The number of halogens is 2. The third kappa shape index (κ3) is 3.31. The van der Waals surface area contributed by atoms with Crippen LogP contribution in [0, 0.1) is 0 Å². The highest BCUT2D eigenvalue weighted by molar-refractivity contribution is 7.21. The number of carbonyl (C=O) groups excluding carboxylic acids is 2. The van der Waals surface area contributed by atoms with Gasteiger partial charge in [0.25, 0.3) is 11.8 Å². The van der Waals surface area contributed by atoms with Crippen LogP contribution in [0.25, 0.3) is 10.1 Å². The minimum absolute atomic E-state index is 0.0455. The summed E-state index contributed by atoms with van der Waals surface area (Å²) in [6.45, 7) is 2.71. The van der Waals surface area contributed by atoms with Gasteiger partial charge >= 0.3 is 0 Å². The number of amides is 2. The van der Waals surface area contributed by atoms with Crippen LogP contribution in [-0.4, -0.2) is 60.5 Å². The number of hydrogen-bond acceptors (Lipinski definition) is 4. The lowest BCUT2D eigenvalue weighted by Crippen LogP contribution is -2.52. The van der Waals surface area contributed by atoms with Crippen LogP contribution in [0.15, 0.2) is 18.2 Å². The average molecular weight is 413 g/mol. The van der Waals surface area contributed by atoms with Gasteiger partial charge in [-0.05, 0) is 25.0 Å². The molecule has 2 saturated heterocycles. The number of nitrogens with zero attached hydrogens (tertiary/aromatic N) is 2. The molecule has 2 aromatic rings. The highest BCUT2D eigenvalue weighted by atomic mass is 35.5. The summed E-state index contributed by atoms with van der Waals surface area (Å²) >= 11 is 13.8. The van der Waals surface area contributed by atoms with Gasteiger partial charge in [0.2, 0.25) is 0 Å². The van der Waals surface area contributed by atoms with Crippen molar-refractivity contribution in [3.8, 4) is 0 Å². The van der Waals surface area contributed by atoms with Crippen molar-refractivity contribution < 1.29 is 14.3 Å². The largest absolute Gasteiger partial charge is 0.368 e. The van der Waals surface area contributed by atoms with Crippen LogP contribution < -0.4 is 0 Å². The van der Waals surface area contributed by atoms with E-state index in [1.807, 2.05) is 12.1 Å². The van der Waals surface area contributed by atoms with Crippen LogP contribution in [0.4, 0.5) is 0 Å². The van der Waals surface area contributed by atoms with E-state index in [0.29, 0.717) is 47.7 Å². The molecule has 138 valence electrons. The van der Waals surface area contributed by atoms with Gasteiger partial charge in [-0.3, -0.25) is 9.59 Å². The number of carbonyl (C=O) groups is 2. The Labute approximate surface area is 165 Å². The number of thiophene rings is 1. The van der Waals surface area contributed by atoms with Gasteiger partial charge in [-0.25, -0.2) is 0 Å². The first-order chi connectivity index (χ1) is 12.5. The Bertz CT molecular complexity index is 855. The normalized spacial score (nSPS) is 20.8. The molecular formula is C18H18Cl2N2O3S. The topological polar surface area (TPSA) is 49.9 Å². The molecule has 2 amide bonds. The van der Waals surface area contributed by atoms with Gasteiger partial charge in [0.1, 0.15) is 11.0 Å². The van der Waals surface area contributed by atoms with Gasteiger partial charge in [-0.1, -0.05) is 29.3 Å². The Kier molecular flexibility index (Phi) is 5.10. The number of hydrogen-bond donors (Lipinski definition) is 0. The number of piperazine rings is 1. The van der Waals surface area contributed by atoms with Crippen molar-refractivity contribution in [1.82, 2.24) is 9.80 Å². The molecule has 3 heterocycles. The van der Waals surface area contributed by atoms with Crippen molar-refractivity contribution in [2.24, 2.45) is 0 Å². The van der Waals surface area contributed by atoms with E-state index in [1.54, 1.807) is 15.9 Å². The van der Waals surface area contributed by atoms with Gasteiger partial charge in [0.15, 0.2) is 0 Å². The predicted octanol–water partition coefficient (Wildman–Crippen LogP) is 3.67. The lowest BCUT2D eigenvalue weighted by Gasteiger charge is -2.35. The van der Waals surface area contributed by atoms with E-state index < -0.39 is 0 Å². The standard InChI is InChI=1S/C18H18Cl2N2O3S/c19-11-3-4-12-14(10-11)26-16(15(12)20)18(24)22-7-5-21(6-8-22)17(23)13-2-1-9-25-13/h3-4,10,13H,1-2,5-9H2. The maximum Gasteiger partial charge on any atom is 0.265 e. The van der Waals surface area contributed by atoms with Crippen molar-refractivity contribution in [2.75, 3.05) is 32.8 Å². The molecule has 1 atom stereocenters. The molecule has 0 aliphatic carbocycles. The summed E-state index contributed by atoms with van der Waals surface area (Å²) in [5.41, 5.74) is 0. The molecule has 0 N–H and O–H groups in total. The molecule has 2 aliphatic heterocycles. The first-order valence-electron chi connectivity index (χ1n) is 8.62. The molecule has 1 unspecified atom stereocenters. The SMILES string of the molecule is O=C(c1sc2cc(Cl)ccc2c1Cl)N1CCN(C(=O)C2CCCO2)CC1. The van der Waals surface area contributed by atoms with E-state index in [9.17, 15) is 9.59 Å². The molecule has 0 spiro atoms. The third-order valence-electron chi connectivity index (χ3n) is 4.87. The summed E-state index contributed by atoms with van der Waals surface area (Å²) in [5, 5.41) is 1.94. The zero-order valence-corrected chi connectivity index (χ0v) is 16.4. The Morgan fingerprint density at radius 3 is 2.54 bits per heavy atom. The highest BCUT2D eigenvalue weighted by Crippen LogP contribution is 2.37. The number of ether oxygens (including phenoxy) is 1. The quantitative estimate of drug-likeness (QED) is 0.755. The van der Waals surface area contributed by atoms with Gasteiger partial charge in [0, 0.05) is 47.9 Å². The van der Waals surface area contributed by atoms with Crippen LogP contribution in [0.3, 0.4) is 0 Å². The summed E-state index contributed by atoms with van der Waals surface area (Å²) < 4.78 is 6.37. The molecule has 2 fully saturated rings. The fraction of sp³-hybridized carbons (Fsp3) is 0.444. The van der Waals surface area contributed by atoms with Crippen LogP contribution >= 0.6 is 34.5 Å². The van der Waals surface area contributed by atoms with Crippen LogP contribution in [0.2, 0.25) is 10.0 Å². The van der Waals surface area contributed by atoms with E-state index in [4.69, 9.17) is 27.9 Å². The Morgan fingerprint density at radius 2 is 1.85 bits per heavy atom. The smallest absolute Gasteiger partial charge is 0.265 e. The van der Waals surface area contributed by atoms with Gasteiger partial charge in [-0.15, -0.1) is 11.3 Å². The average Bonchev–Trinajstić information content (AvgIpc) is 3.29. The van der Waals surface area contributed by atoms with Crippen LogP contribution in [0.5, 0.6) is 0 Å². The van der Waals surface area contributed by atoms with Crippen molar-refractivity contribution in [3.05, 3.63) is 33.1 Å². The maximum absolute atomic E-state index is 12.9. The zero-order chi connectivity index (χ0) is 18.3. The molecule has 26 heavy (non-hydrogen) atoms. The van der Waals surface area contributed by atoms with E-state index in [-0.39, 0.29) is 17.9 Å². The second-order valence-electron chi connectivity index (χ2n) is 6.50. The predicted molar refractivity (Wildman–Crippen MR) is 103 cm³/mol. The van der Waals surface area contributed by atoms with E-state index in [1.165, 1.54) is 11.3 Å². The second kappa shape index (κ2) is 7.35. The summed E-state index contributed by atoms with van der Waals surface area (Å²) in [5.74, 6) is -0.0410. The van der Waals surface area contributed by atoms with Crippen molar-refractivity contribution in [3.63, 3.8) is 0 Å². The maximum atomic E-state index is 12.9. The number of rotatable bonds is 2. The monoisotopic (exact) mass is 412 g/mol. The molecule has 0 saturated carbocycles. The zero-order valence-electron chi connectivity index (χ0n) is 14.0. The first kappa shape index (κ1) is 18.0. The van der Waals surface area contributed by atoms with Crippen LogP contribution in [0.1, 0.15) is 22.5 Å². The molecule has 5 nitrogen and oxygen atoms in total. The van der Waals surface area contributed by atoms with Gasteiger partial charge in [-0.2, -0.15) is 0 Å². The minimum Gasteiger partial charge on any atom is -0.368 e. The van der Waals surface area contributed by atoms with E-state index >= 15 is 0 Å². The molecule has 0 radical (unpaired) electrons. The third-order valence-corrected chi connectivity index (χ3v) is 6.75. The summed E-state index contributed by atoms with van der Waals surface area (Å²) in [6, 6.07) is 5.43. The molecule has 1 aromatic heterocycles. The summed E-state index contributed by atoms with van der Waals surface area (Å²) in [6.07, 6.45) is 1.42. The van der Waals surface area contributed by atoms with E-state index in [0.717, 1.165) is 22.9 Å². The van der Waals surface area contributed by atoms with Crippen LogP contribution in [-0.2, 0) is 9.53 Å². The van der Waals surface area contributed by atoms with Crippen molar-refractivity contribution in [2.45, 2.75) is 18.9 Å². The molecule has 1 aromatic carbocycles. The lowest BCUT2D eigenvalue weighted by atomic mass is 10.2. The summed E-state index contributed by atoms with van der Waals surface area (Å²) in [7, 11) is 0. The Hall–Kier alpha value is -1.34. The first-order valence-corrected chi connectivity index (χ1v) is 10.2. The highest BCUT2D eigenvalue weighted by Gasteiger charge is 2.32.